The third-order valence-electron chi connectivity index (χ3n) is 10.5. The molecule has 7 aliphatic rings. The summed E-state index contributed by atoms with van der Waals surface area (Å²) in [7, 11) is 1.86. The third kappa shape index (κ3) is 2.00. The van der Waals surface area contributed by atoms with E-state index in [-0.39, 0.29) is 52.7 Å². The zero-order chi connectivity index (χ0) is 21.1. The Bertz CT molecular complexity index is 800. The summed E-state index contributed by atoms with van der Waals surface area (Å²) in [5.74, 6) is 0.126. The van der Waals surface area contributed by atoms with E-state index in [0.717, 1.165) is 45.2 Å². The van der Waals surface area contributed by atoms with Crippen molar-refractivity contribution in [3.05, 3.63) is 0 Å². The van der Waals surface area contributed by atoms with Crippen LogP contribution in [0.1, 0.15) is 59.3 Å². The highest BCUT2D eigenvalue weighted by molar-refractivity contribution is 5.78. The van der Waals surface area contributed by atoms with Crippen LogP contribution in [0.25, 0.3) is 0 Å². The molecule has 0 N–H and O–H groups in total. The van der Waals surface area contributed by atoms with E-state index >= 15 is 0 Å². The zero-order valence-electron chi connectivity index (χ0n) is 18.7. The van der Waals surface area contributed by atoms with Gasteiger partial charge in [-0.15, -0.1) is 0 Å². The monoisotopic (exact) mass is 417 g/mol. The van der Waals surface area contributed by atoms with Gasteiger partial charge in [0.1, 0.15) is 17.6 Å². The Morgan fingerprint density at radius 1 is 1.23 bits per heavy atom. The molecular formula is C24H35NO5. The van der Waals surface area contributed by atoms with Crippen LogP contribution in [-0.4, -0.2) is 60.9 Å². The van der Waals surface area contributed by atoms with Gasteiger partial charge in [-0.25, -0.2) is 0 Å². The van der Waals surface area contributed by atoms with Crippen LogP contribution >= 0.6 is 0 Å². The molecule has 0 aromatic heterocycles. The highest BCUT2D eigenvalue weighted by atomic mass is 16.6. The summed E-state index contributed by atoms with van der Waals surface area (Å²) in [6.45, 7) is 8.33. The van der Waals surface area contributed by atoms with Crippen LogP contribution < -0.4 is 0 Å². The lowest BCUT2D eigenvalue weighted by atomic mass is 9.42. The molecule has 7 fully saturated rings. The van der Waals surface area contributed by atoms with Crippen LogP contribution in [0.4, 0.5) is 0 Å². The first-order chi connectivity index (χ1) is 14.3. The molecule has 3 saturated heterocycles. The molecule has 30 heavy (non-hydrogen) atoms. The Kier molecular flexibility index (Phi) is 3.91. The van der Waals surface area contributed by atoms with Gasteiger partial charge in [-0.1, -0.05) is 13.8 Å². The molecule has 166 valence electrons. The van der Waals surface area contributed by atoms with Gasteiger partial charge < -0.3 is 14.2 Å². The quantitative estimate of drug-likeness (QED) is 0.658. The molecule has 1 spiro atoms. The van der Waals surface area contributed by atoms with E-state index in [0.29, 0.717) is 12.0 Å². The molecule has 9 bridgehead atoms. The lowest BCUT2D eigenvalue weighted by molar-refractivity contribution is -0.271. The van der Waals surface area contributed by atoms with Gasteiger partial charge in [-0.2, -0.15) is 0 Å². The van der Waals surface area contributed by atoms with Gasteiger partial charge in [0, 0.05) is 38.0 Å². The van der Waals surface area contributed by atoms with Crippen LogP contribution in [-0.2, 0) is 23.8 Å². The maximum atomic E-state index is 13.4. The first kappa shape index (κ1) is 19.5. The number of esters is 2. The third-order valence-corrected chi connectivity index (χ3v) is 10.5. The lowest BCUT2D eigenvalue weighted by Gasteiger charge is -2.69. The molecule has 3 heterocycles. The smallest absolute Gasteiger partial charge is 0.313 e. The minimum atomic E-state index is -0.719. The van der Waals surface area contributed by atoms with E-state index in [1.807, 2.05) is 7.11 Å². The number of hydrogen-bond donors (Lipinski definition) is 0. The van der Waals surface area contributed by atoms with Crippen molar-refractivity contribution in [2.24, 2.45) is 34.5 Å². The maximum Gasteiger partial charge on any atom is 0.313 e. The van der Waals surface area contributed by atoms with E-state index in [2.05, 4.69) is 18.7 Å². The first-order valence-electron chi connectivity index (χ1n) is 12.0. The predicted molar refractivity (Wildman–Crippen MR) is 108 cm³/mol. The Labute approximate surface area is 179 Å². The van der Waals surface area contributed by atoms with E-state index in [1.54, 1.807) is 0 Å². The fourth-order valence-electron chi connectivity index (χ4n) is 9.96. The Morgan fingerprint density at radius 3 is 2.73 bits per heavy atom. The molecule has 0 radical (unpaired) electrons. The van der Waals surface area contributed by atoms with Crippen LogP contribution in [0.3, 0.4) is 0 Å². The SMILES string of the molecule is CCN1C[C@]2(C)CC[C@H](OC)[C@@]34[C@@H]5C[C@@H]6CC[C@](OC(C)=O)([C@@H](C[C@H]23)[C@H]14)[C@H]5C(=O)O6. The Balaban J connectivity index is 1.63. The van der Waals surface area contributed by atoms with Crippen LogP contribution in [0.15, 0.2) is 0 Å². The number of piperidine rings is 1. The molecule has 7 rings (SSSR count). The first-order valence-corrected chi connectivity index (χ1v) is 12.0. The average Bonchev–Trinajstić information content (AvgIpc) is 2.75. The van der Waals surface area contributed by atoms with E-state index in [1.165, 1.54) is 13.3 Å². The van der Waals surface area contributed by atoms with Crippen molar-refractivity contribution in [1.29, 1.82) is 0 Å². The van der Waals surface area contributed by atoms with Crippen molar-refractivity contribution in [1.82, 2.24) is 4.90 Å². The number of methoxy groups -OCH3 is 1. The summed E-state index contributed by atoms with van der Waals surface area (Å²) < 4.78 is 18.5. The number of hydrogen-bond acceptors (Lipinski definition) is 6. The fourth-order valence-corrected chi connectivity index (χ4v) is 9.96. The number of likely N-dealkylation sites (tertiary alicyclic amines) is 1. The second kappa shape index (κ2) is 6.00. The van der Waals surface area contributed by atoms with Gasteiger partial charge >= 0.3 is 11.9 Å². The van der Waals surface area contributed by atoms with Crippen molar-refractivity contribution in [3.8, 4) is 0 Å². The number of carbonyl (C=O) groups is 2. The zero-order valence-corrected chi connectivity index (χ0v) is 18.7. The fraction of sp³-hybridized carbons (Fsp3) is 0.917. The summed E-state index contributed by atoms with van der Waals surface area (Å²) >= 11 is 0. The molecule has 4 saturated carbocycles. The molecule has 6 nitrogen and oxygen atoms in total. The van der Waals surface area contributed by atoms with Gasteiger partial charge in [0.25, 0.3) is 0 Å². The van der Waals surface area contributed by atoms with Crippen LogP contribution in [0.5, 0.6) is 0 Å². The largest absolute Gasteiger partial charge is 0.462 e. The maximum absolute atomic E-state index is 13.4. The van der Waals surface area contributed by atoms with Crippen molar-refractivity contribution < 1.29 is 23.8 Å². The molecule has 0 amide bonds. The summed E-state index contributed by atoms with van der Waals surface area (Å²) in [6, 6.07) is 0.316. The normalized spacial score (nSPS) is 55.7. The lowest BCUT2D eigenvalue weighted by Crippen LogP contribution is -2.76. The van der Waals surface area contributed by atoms with E-state index in [4.69, 9.17) is 14.2 Å². The van der Waals surface area contributed by atoms with Gasteiger partial charge in [-0.3, -0.25) is 14.5 Å². The standard InChI is InChI=1S/C24H35NO5/c1-5-25-12-22(3)8-7-18(28-4)24-15-10-14-6-9-23(30-13(2)26,19(15)21(27)29-14)16(20(24)25)11-17(22)24/h14-20H,5-12H2,1-4H3/t14-,15+,16-,17+,18-,19+,20-,22-,23-,24+/m0/s1. The predicted octanol–water partition coefficient (Wildman–Crippen LogP) is 2.79. The summed E-state index contributed by atoms with van der Waals surface area (Å²) in [4.78, 5) is 28.5. The molecule has 3 aliphatic heterocycles. The molecule has 0 aromatic rings. The van der Waals surface area contributed by atoms with Gasteiger partial charge in [0.05, 0.1) is 6.10 Å². The minimum absolute atomic E-state index is 0.0446. The highest BCUT2D eigenvalue weighted by Crippen LogP contribution is 2.77. The second-order valence-corrected chi connectivity index (χ2v) is 11.3. The average molecular weight is 418 g/mol. The van der Waals surface area contributed by atoms with E-state index in [9.17, 15) is 9.59 Å². The van der Waals surface area contributed by atoms with Crippen molar-refractivity contribution in [2.75, 3.05) is 20.2 Å². The number of ether oxygens (including phenoxy) is 3. The summed E-state index contributed by atoms with van der Waals surface area (Å²) in [5, 5.41) is 0. The minimum Gasteiger partial charge on any atom is -0.462 e. The number of nitrogens with zero attached hydrogens (tertiary/aromatic N) is 1. The molecule has 10 atom stereocenters. The van der Waals surface area contributed by atoms with Gasteiger partial charge in [0.15, 0.2) is 0 Å². The molecular weight excluding hydrogens is 382 g/mol. The topological polar surface area (TPSA) is 65.1 Å². The van der Waals surface area contributed by atoms with Crippen LogP contribution in [0, 0.1) is 34.5 Å². The summed E-state index contributed by atoms with van der Waals surface area (Å²) in [6.07, 6.45) is 5.83. The van der Waals surface area contributed by atoms with E-state index < -0.39 is 5.60 Å². The number of fused-ring (bicyclic) bond motifs is 2. The Hall–Kier alpha value is -1.14. The second-order valence-electron chi connectivity index (χ2n) is 11.3. The molecule has 6 heteroatoms. The van der Waals surface area contributed by atoms with Gasteiger partial charge in [0.2, 0.25) is 0 Å². The van der Waals surface area contributed by atoms with Crippen molar-refractivity contribution >= 4 is 11.9 Å². The Morgan fingerprint density at radius 2 is 2.03 bits per heavy atom. The van der Waals surface area contributed by atoms with Gasteiger partial charge in [-0.05, 0) is 62.3 Å². The number of rotatable bonds is 3. The molecule has 0 unspecified atom stereocenters. The van der Waals surface area contributed by atoms with Crippen LogP contribution in [0.2, 0.25) is 0 Å². The number of carbonyl (C=O) groups excluding carboxylic acids is 2. The highest BCUT2D eigenvalue weighted by Gasteiger charge is 2.82. The molecule has 0 aromatic carbocycles. The van der Waals surface area contributed by atoms with Crippen molar-refractivity contribution in [2.45, 2.75) is 83.1 Å². The summed E-state index contributed by atoms with van der Waals surface area (Å²) in [5.41, 5.74) is -0.538. The molecule has 4 aliphatic carbocycles. The van der Waals surface area contributed by atoms with Crippen molar-refractivity contribution in [3.63, 3.8) is 0 Å².